The van der Waals surface area contributed by atoms with Crippen molar-refractivity contribution in [3.8, 4) is 5.75 Å². The zero-order valence-electron chi connectivity index (χ0n) is 11.8. The first-order valence-corrected chi connectivity index (χ1v) is 7.12. The third kappa shape index (κ3) is 3.18. The van der Waals surface area contributed by atoms with Gasteiger partial charge in [-0.15, -0.1) is 0 Å². The lowest BCUT2D eigenvalue weighted by Gasteiger charge is -2.29. The van der Waals surface area contributed by atoms with Crippen molar-refractivity contribution in [2.45, 2.75) is 52.0 Å². The lowest BCUT2D eigenvalue weighted by Crippen LogP contribution is -2.27. The van der Waals surface area contributed by atoms with Gasteiger partial charge in [0.2, 0.25) is 0 Å². The van der Waals surface area contributed by atoms with E-state index >= 15 is 0 Å². The van der Waals surface area contributed by atoms with Crippen LogP contribution in [0.25, 0.3) is 0 Å². The van der Waals surface area contributed by atoms with Crippen molar-refractivity contribution in [1.29, 1.82) is 0 Å². The molecule has 100 valence electrons. The first-order valence-electron chi connectivity index (χ1n) is 7.12. The van der Waals surface area contributed by atoms with Crippen LogP contribution in [0.15, 0.2) is 18.2 Å². The number of nitrogens with one attached hydrogen (secondary N) is 1. The summed E-state index contributed by atoms with van der Waals surface area (Å²) in [5.74, 6) is 1.77. The third-order valence-corrected chi connectivity index (χ3v) is 4.10. The van der Waals surface area contributed by atoms with Crippen LogP contribution in [0.1, 0.15) is 44.6 Å². The molecule has 0 amide bonds. The first-order chi connectivity index (χ1) is 8.70. The molecule has 1 unspecified atom stereocenters. The van der Waals surface area contributed by atoms with Gasteiger partial charge in [-0.05, 0) is 50.3 Å². The summed E-state index contributed by atoms with van der Waals surface area (Å²) >= 11 is 0. The molecular formula is C16H25NO. The molecule has 0 aromatic heterocycles. The lowest BCUT2D eigenvalue weighted by atomic mass is 9.84. The predicted octanol–water partition coefficient (Wildman–Crippen LogP) is 4.38. The molecular weight excluding hydrogens is 222 g/mol. The van der Waals surface area contributed by atoms with Gasteiger partial charge in [0.1, 0.15) is 5.75 Å². The van der Waals surface area contributed by atoms with Crippen LogP contribution in [-0.4, -0.2) is 13.2 Å². The molecule has 0 spiro atoms. The van der Waals surface area contributed by atoms with Crippen molar-refractivity contribution < 1.29 is 4.74 Å². The molecule has 1 aromatic carbocycles. The Labute approximate surface area is 111 Å². The van der Waals surface area contributed by atoms with E-state index in [-0.39, 0.29) is 0 Å². The second-order valence-electron chi connectivity index (χ2n) is 5.53. The normalized spacial score (nSPS) is 18.4. The number of hydrogen-bond donors (Lipinski definition) is 1. The smallest absolute Gasteiger partial charge is 0.142 e. The summed E-state index contributed by atoms with van der Waals surface area (Å²) < 4.78 is 5.45. The van der Waals surface area contributed by atoms with Crippen LogP contribution in [0.3, 0.4) is 0 Å². The maximum Gasteiger partial charge on any atom is 0.142 e. The average molecular weight is 247 g/mol. The topological polar surface area (TPSA) is 21.3 Å². The van der Waals surface area contributed by atoms with Gasteiger partial charge in [0.15, 0.2) is 0 Å². The van der Waals surface area contributed by atoms with E-state index < -0.39 is 0 Å². The molecule has 1 fully saturated rings. The molecule has 0 heterocycles. The molecule has 2 heteroatoms. The Hall–Kier alpha value is -1.18. The molecule has 2 nitrogen and oxygen atoms in total. The number of benzene rings is 1. The molecule has 0 saturated heterocycles. The van der Waals surface area contributed by atoms with E-state index in [4.69, 9.17) is 4.74 Å². The Morgan fingerprint density at radius 1 is 1.22 bits per heavy atom. The number of ether oxygens (including phenoxy) is 1. The second kappa shape index (κ2) is 6.12. The molecule has 1 aromatic rings. The van der Waals surface area contributed by atoms with Gasteiger partial charge in [0.25, 0.3) is 0 Å². The van der Waals surface area contributed by atoms with Crippen LogP contribution in [0, 0.1) is 12.8 Å². The summed E-state index contributed by atoms with van der Waals surface area (Å²) in [4.78, 5) is 0. The molecule has 0 radical (unpaired) electrons. The van der Waals surface area contributed by atoms with Gasteiger partial charge in [-0.2, -0.15) is 0 Å². The maximum atomic E-state index is 5.45. The highest BCUT2D eigenvalue weighted by Crippen LogP contribution is 2.31. The van der Waals surface area contributed by atoms with Gasteiger partial charge >= 0.3 is 0 Å². The van der Waals surface area contributed by atoms with E-state index in [9.17, 15) is 0 Å². The number of aryl methyl sites for hydroxylation is 1. The summed E-state index contributed by atoms with van der Waals surface area (Å²) in [6.45, 7) is 4.39. The van der Waals surface area contributed by atoms with Crippen molar-refractivity contribution in [2.75, 3.05) is 12.4 Å². The standard InChI is InChI=1S/C16H25NO/c1-12-9-10-15(16(11-12)18-3)17-13(2)14-7-5-4-6-8-14/h9-11,13-14,17H,4-8H2,1-3H3. The summed E-state index contributed by atoms with van der Waals surface area (Å²) in [5.41, 5.74) is 2.36. The molecule has 0 bridgehead atoms. The minimum atomic E-state index is 0.530. The summed E-state index contributed by atoms with van der Waals surface area (Å²) in [6, 6.07) is 6.89. The first kappa shape index (κ1) is 13.3. The van der Waals surface area contributed by atoms with Gasteiger partial charge in [0.05, 0.1) is 12.8 Å². The van der Waals surface area contributed by atoms with E-state index in [1.807, 2.05) is 0 Å². The number of methoxy groups -OCH3 is 1. The van der Waals surface area contributed by atoms with Crippen molar-refractivity contribution in [3.05, 3.63) is 23.8 Å². The quantitative estimate of drug-likeness (QED) is 0.852. The van der Waals surface area contributed by atoms with Crippen molar-refractivity contribution in [3.63, 3.8) is 0 Å². The van der Waals surface area contributed by atoms with Crippen molar-refractivity contribution >= 4 is 5.69 Å². The zero-order valence-corrected chi connectivity index (χ0v) is 11.8. The highest BCUT2D eigenvalue weighted by Gasteiger charge is 2.20. The Balaban J connectivity index is 2.03. The maximum absolute atomic E-state index is 5.45. The largest absolute Gasteiger partial charge is 0.495 e. The predicted molar refractivity (Wildman–Crippen MR) is 77.4 cm³/mol. The summed E-state index contributed by atoms with van der Waals surface area (Å²) in [5, 5.41) is 3.63. The Morgan fingerprint density at radius 3 is 2.61 bits per heavy atom. The van der Waals surface area contributed by atoms with Crippen molar-refractivity contribution in [1.82, 2.24) is 0 Å². The molecule has 0 aliphatic heterocycles. The Morgan fingerprint density at radius 2 is 1.94 bits per heavy atom. The van der Waals surface area contributed by atoms with Gasteiger partial charge in [-0.3, -0.25) is 0 Å². The Bertz CT molecular complexity index is 383. The van der Waals surface area contributed by atoms with Crippen LogP contribution in [0.5, 0.6) is 5.75 Å². The second-order valence-corrected chi connectivity index (χ2v) is 5.53. The minimum Gasteiger partial charge on any atom is -0.495 e. The number of rotatable bonds is 4. The number of hydrogen-bond acceptors (Lipinski definition) is 2. The molecule has 1 saturated carbocycles. The van der Waals surface area contributed by atoms with Crippen LogP contribution in [-0.2, 0) is 0 Å². The van der Waals surface area contributed by atoms with E-state index in [0.29, 0.717) is 6.04 Å². The molecule has 1 aliphatic carbocycles. The zero-order chi connectivity index (χ0) is 13.0. The van der Waals surface area contributed by atoms with E-state index in [1.165, 1.54) is 37.7 Å². The number of anilines is 1. The molecule has 18 heavy (non-hydrogen) atoms. The van der Waals surface area contributed by atoms with Crippen LogP contribution < -0.4 is 10.1 Å². The summed E-state index contributed by atoms with van der Waals surface area (Å²) in [6.07, 6.45) is 6.92. The van der Waals surface area contributed by atoms with E-state index in [1.54, 1.807) is 7.11 Å². The lowest BCUT2D eigenvalue weighted by molar-refractivity contribution is 0.327. The SMILES string of the molecule is COc1cc(C)ccc1NC(C)C1CCCCC1. The van der Waals surface area contributed by atoms with E-state index in [0.717, 1.165) is 17.4 Å². The fourth-order valence-corrected chi connectivity index (χ4v) is 2.91. The molecule has 1 N–H and O–H groups in total. The third-order valence-electron chi connectivity index (χ3n) is 4.10. The highest BCUT2D eigenvalue weighted by molar-refractivity contribution is 5.58. The fourth-order valence-electron chi connectivity index (χ4n) is 2.91. The van der Waals surface area contributed by atoms with Crippen molar-refractivity contribution in [2.24, 2.45) is 5.92 Å². The summed E-state index contributed by atoms with van der Waals surface area (Å²) in [7, 11) is 1.74. The van der Waals surface area contributed by atoms with Crippen LogP contribution in [0.4, 0.5) is 5.69 Å². The van der Waals surface area contributed by atoms with Crippen LogP contribution in [0.2, 0.25) is 0 Å². The van der Waals surface area contributed by atoms with Gasteiger partial charge < -0.3 is 10.1 Å². The van der Waals surface area contributed by atoms with Crippen LogP contribution >= 0.6 is 0 Å². The fraction of sp³-hybridized carbons (Fsp3) is 0.625. The molecule has 2 rings (SSSR count). The molecule has 1 atom stereocenters. The minimum absolute atomic E-state index is 0.530. The van der Waals surface area contributed by atoms with Gasteiger partial charge in [0, 0.05) is 6.04 Å². The average Bonchev–Trinajstić information content (AvgIpc) is 2.41. The molecule has 1 aliphatic rings. The van der Waals surface area contributed by atoms with Gasteiger partial charge in [-0.1, -0.05) is 25.3 Å². The van der Waals surface area contributed by atoms with E-state index in [2.05, 4.69) is 37.4 Å². The highest BCUT2D eigenvalue weighted by atomic mass is 16.5. The Kier molecular flexibility index (Phi) is 4.51. The van der Waals surface area contributed by atoms with Gasteiger partial charge in [-0.25, -0.2) is 0 Å². The monoisotopic (exact) mass is 247 g/mol.